The number of carbonyl (C=O) groups excluding carboxylic acids is 1. The zero-order valence-electron chi connectivity index (χ0n) is 18.3. The van der Waals surface area contributed by atoms with Gasteiger partial charge in [-0.1, -0.05) is 0 Å². The predicted octanol–water partition coefficient (Wildman–Crippen LogP) is -7.51. The average Bonchev–Trinajstić information content (AvgIpc) is 2.81. The Morgan fingerprint density at radius 1 is 0.686 bits per heavy atom. The van der Waals surface area contributed by atoms with Crippen LogP contribution in [0.5, 0.6) is 0 Å². The van der Waals surface area contributed by atoms with Gasteiger partial charge in [0.1, 0.15) is 61.0 Å². The summed E-state index contributed by atoms with van der Waals surface area (Å²) in [5.41, 5.74) is 0. The Morgan fingerprint density at radius 3 is 1.57 bits per heavy atom. The third-order valence-corrected chi connectivity index (χ3v) is 5.89. The fourth-order valence-corrected chi connectivity index (χ4v) is 3.98. The van der Waals surface area contributed by atoms with Crippen LogP contribution in [-0.4, -0.2) is 156 Å². The maximum atomic E-state index is 11.8. The average molecular weight is 517 g/mol. The minimum Gasteiger partial charge on any atom is -0.394 e. The second kappa shape index (κ2) is 11.5. The Bertz CT molecular complexity index is 716. The first-order chi connectivity index (χ1) is 16.4. The van der Waals surface area contributed by atoms with Crippen LogP contribution in [0, 0.1) is 0 Å². The van der Waals surface area contributed by atoms with Crippen molar-refractivity contribution in [2.75, 3.05) is 6.61 Å². The highest BCUT2D eigenvalue weighted by Gasteiger charge is 2.54. The largest absolute Gasteiger partial charge is 0.394 e. The number of hydrogen-bond acceptors (Lipinski definition) is 16. The van der Waals surface area contributed by atoms with Crippen LogP contribution in [0.2, 0.25) is 0 Å². The molecule has 15 atom stereocenters. The first-order valence-electron chi connectivity index (χ1n) is 10.6. The monoisotopic (exact) mass is 517 g/mol. The van der Waals surface area contributed by atoms with Crippen molar-refractivity contribution in [2.45, 2.75) is 99.4 Å². The van der Waals surface area contributed by atoms with Crippen molar-refractivity contribution in [1.29, 1.82) is 0 Å². The number of rotatable bonds is 6. The number of carbonyl (C=O) groups is 1. The normalized spacial score (nSPS) is 51.1. The second-order valence-electron chi connectivity index (χ2n) is 8.41. The minimum absolute atomic E-state index is 0.698. The second-order valence-corrected chi connectivity index (χ2v) is 8.41. The lowest BCUT2D eigenvalue weighted by Crippen LogP contribution is -2.69. The molecule has 0 radical (unpaired) electrons. The molecule has 17 nitrogen and oxygen atoms in total. The molecule has 3 saturated heterocycles. The molecule has 1 amide bonds. The summed E-state index contributed by atoms with van der Waals surface area (Å²) >= 11 is 0. The molecular formula is C18H31NO16. The molecule has 0 aromatic heterocycles. The molecule has 17 heteroatoms. The maximum absolute atomic E-state index is 11.8. The molecule has 0 saturated carbocycles. The molecule has 2 unspecified atom stereocenters. The molecule has 35 heavy (non-hydrogen) atoms. The lowest BCUT2D eigenvalue weighted by Gasteiger charge is -2.49. The number of amides is 1. The molecule has 0 bridgehead atoms. The molecule has 3 fully saturated rings. The maximum Gasteiger partial charge on any atom is 0.217 e. The number of aliphatic hydroxyl groups is 10. The van der Waals surface area contributed by atoms with Gasteiger partial charge in [0.2, 0.25) is 5.91 Å². The molecule has 0 aliphatic carbocycles. The Balaban J connectivity index is 1.91. The summed E-state index contributed by atoms with van der Waals surface area (Å²) < 4.78 is 26.4. The van der Waals surface area contributed by atoms with E-state index in [0.717, 1.165) is 6.92 Å². The third-order valence-electron chi connectivity index (χ3n) is 5.89. The van der Waals surface area contributed by atoms with Crippen LogP contribution in [0.4, 0.5) is 0 Å². The standard InChI is InChI=1S/C18H31NO16/c1-3(21)19-5-13(33-18-11(27)7(23)9(25)16(30)35-18)12(4(2-20)31-14(5)28)32-17-10(26)6(22)8(24)15(29)34-17/h4-18,20,22-30H,2H2,1H3,(H,19,21)/t4-,5-,6+,7-,8-,9+,10-,11+,12?,13-,14?,15+,16-,17-,18-/m1/s1. The Labute approximate surface area is 197 Å². The van der Waals surface area contributed by atoms with Crippen molar-refractivity contribution in [3.63, 3.8) is 0 Å². The van der Waals surface area contributed by atoms with Crippen LogP contribution in [0.3, 0.4) is 0 Å². The van der Waals surface area contributed by atoms with E-state index in [4.69, 9.17) is 23.7 Å². The fraction of sp³-hybridized carbons (Fsp3) is 0.944. The molecule has 3 heterocycles. The summed E-state index contributed by atoms with van der Waals surface area (Å²) in [4.78, 5) is 11.8. The van der Waals surface area contributed by atoms with Crippen molar-refractivity contribution in [1.82, 2.24) is 5.32 Å². The van der Waals surface area contributed by atoms with Gasteiger partial charge in [-0.15, -0.1) is 0 Å². The van der Waals surface area contributed by atoms with Crippen LogP contribution in [0.15, 0.2) is 0 Å². The van der Waals surface area contributed by atoms with E-state index in [9.17, 15) is 55.9 Å². The van der Waals surface area contributed by atoms with Crippen molar-refractivity contribution in [2.24, 2.45) is 0 Å². The quantitative estimate of drug-likeness (QED) is 0.156. The Kier molecular flexibility index (Phi) is 9.35. The summed E-state index contributed by atoms with van der Waals surface area (Å²) in [5.74, 6) is -0.698. The molecule has 3 aliphatic rings. The molecule has 204 valence electrons. The van der Waals surface area contributed by atoms with Gasteiger partial charge in [0.25, 0.3) is 0 Å². The van der Waals surface area contributed by atoms with Crippen molar-refractivity contribution >= 4 is 5.91 Å². The van der Waals surface area contributed by atoms with Crippen molar-refractivity contribution in [3.8, 4) is 0 Å². The fourth-order valence-electron chi connectivity index (χ4n) is 3.98. The molecule has 3 aliphatic heterocycles. The number of aliphatic hydroxyl groups excluding tert-OH is 10. The van der Waals surface area contributed by atoms with Crippen molar-refractivity contribution < 1.29 is 79.5 Å². The Hall–Kier alpha value is -1.13. The molecule has 0 aromatic rings. The summed E-state index contributed by atoms with van der Waals surface area (Å²) in [5, 5.41) is 102. The van der Waals surface area contributed by atoms with Crippen LogP contribution in [0.1, 0.15) is 6.92 Å². The van der Waals surface area contributed by atoms with Crippen LogP contribution in [0.25, 0.3) is 0 Å². The molecule has 0 spiro atoms. The smallest absolute Gasteiger partial charge is 0.217 e. The van der Waals surface area contributed by atoms with E-state index >= 15 is 0 Å². The van der Waals surface area contributed by atoms with Gasteiger partial charge >= 0.3 is 0 Å². The van der Waals surface area contributed by atoms with E-state index < -0.39 is 105 Å². The number of nitrogens with one attached hydrogen (secondary N) is 1. The van der Waals surface area contributed by atoms with Crippen LogP contribution >= 0.6 is 0 Å². The van der Waals surface area contributed by atoms with Gasteiger partial charge < -0.3 is 80.1 Å². The SMILES string of the molecule is CC(=O)N[C@H]1C(O)O[C@H](CO)C(O[C@@H]2O[C@H](O)[C@H](O)[C@H](O)[C@H]2O)[C@@H]1O[C@@H]1O[C@@H](O)[C@@H](O)[C@@H](O)[C@@H]1O. The van der Waals surface area contributed by atoms with Crippen molar-refractivity contribution in [3.05, 3.63) is 0 Å². The first-order valence-corrected chi connectivity index (χ1v) is 10.6. The van der Waals surface area contributed by atoms with E-state index in [1.807, 2.05) is 0 Å². The summed E-state index contributed by atoms with van der Waals surface area (Å²) in [7, 11) is 0. The first kappa shape index (κ1) is 28.4. The van der Waals surface area contributed by atoms with E-state index in [-0.39, 0.29) is 0 Å². The number of ether oxygens (including phenoxy) is 5. The zero-order valence-corrected chi connectivity index (χ0v) is 18.3. The van der Waals surface area contributed by atoms with Crippen LogP contribution < -0.4 is 5.32 Å². The number of hydrogen-bond donors (Lipinski definition) is 11. The molecule has 3 rings (SSSR count). The lowest BCUT2D eigenvalue weighted by atomic mass is 9.95. The van der Waals surface area contributed by atoms with Gasteiger partial charge in [-0.2, -0.15) is 0 Å². The van der Waals surface area contributed by atoms with E-state index in [1.165, 1.54) is 0 Å². The van der Waals surface area contributed by atoms with Gasteiger partial charge in [-0.25, -0.2) is 0 Å². The topological polar surface area (TPSA) is 278 Å². The van der Waals surface area contributed by atoms with E-state index in [0.29, 0.717) is 0 Å². The molecule has 0 aromatic carbocycles. The van der Waals surface area contributed by atoms with Crippen LogP contribution in [-0.2, 0) is 28.5 Å². The van der Waals surface area contributed by atoms with E-state index in [1.54, 1.807) is 0 Å². The highest BCUT2D eigenvalue weighted by molar-refractivity contribution is 5.73. The van der Waals surface area contributed by atoms with Gasteiger partial charge in [-0.05, 0) is 0 Å². The highest BCUT2D eigenvalue weighted by atomic mass is 16.8. The van der Waals surface area contributed by atoms with Gasteiger partial charge in [-0.3, -0.25) is 4.79 Å². The van der Waals surface area contributed by atoms with Gasteiger partial charge in [0.15, 0.2) is 31.5 Å². The molecular weight excluding hydrogens is 486 g/mol. The lowest BCUT2D eigenvalue weighted by molar-refractivity contribution is -0.393. The minimum atomic E-state index is -2.01. The summed E-state index contributed by atoms with van der Waals surface area (Å²) in [6.07, 6.45) is -25.8. The van der Waals surface area contributed by atoms with Gasteiger partial charge in [0.05, 0.1) is 6.61 Å². The summed E-state index contributed by atoms with van der Waals surface area (Å²) in [6, 6.07) is -1.50. The summed E-state index contributed by atoms with van der Waals surface area (Å²) in [6.45, 7) is 0.235. The third kappa shape index (κ3) is 5.90. The Morgan fingerprint density at radius 2 is 1.14 bits per heavy atom. The van der Waals surface area contributed by atoms with Gasteiger partial charge in [0, 0.05) is 6.92 Å². The zero-order chi connectivity index (χ0) is 26.2. The van der Waals surface area contributed by atoms with E-state index in [2.05, 4.69) is 5.32 Å². The molecule has 11 N–H and O–H groups in total. The highest BCUT2D eigenvalue weighted by Crippen LogP contribution is 2.32. The predicted molar refractivity (Wildman–Crippen MR) is 103 cm³/mol.